The second kappa shape index (κ2) is 5.63. The summed E-state index contributed by atoms with van der Waals surface area (Å²) in [6.07, 6.45) is 2.64. The number of rotatable bonds is 5. The average molecular weight is 249 g/mol. The quantitative estimate of drug-likeness (QED) is 0.884. The molecule has 0 aliphatic heterocycles. The van der Waals surface area contributed by atoms with E-state index in [1.807, 2.05) is 18.2 Å². The van der Waals surface area contributed by atoms with Crippen LogP contribution in [0.2, 0.25) is 0 Å². The van der Waals surface area contributed by atoms with Gasteiger partial charge in [0.05, 0.1) is 13.3 Å². The third-order valence-electron chi connectivity index (χ3n) is 2.47. The van der Waals surface area contributed by atoms with Gasteiger partial charge in [-0.1, -0.05) is 22.7 Å². The molecule has 0 bridgehead atoms. The lowest BCUT2D eigenvalue weighted by Gasteiger charge is -2.15. The van der Waals surface area contributed by atoms with E-state index in [1.165, 1.54) is 17.1 Å². The molecule has 90 valence electrons. The summed E-state index contributed by atoms with van der Waals surface area (Å²) in [5, 5.41) is 8.15. The van der Waals surface area contributed by atoms with Crippen molar-refractivity contribution >= 4 is 16.5 Å². The molecule has 1 unspecified atom stereocenters. The van der Waals surface area contributed by atoms with Gasteiger partial charge in [-0.15, -0.1) is 5.10 Å². The topological polar surface area (TPSA) is 47.0 Å². The Labute approximate surface area is 105 Å². The predicted molar refractivity (Wildman–Crippen MR) is 69.7 cm³/mol. The van der Waals surface area contributed by atoms with Gasteiger partial charge in [0.2, 0.25) is 0 Å². The van der Waals surface area contributed by atoms with E-state index in [9.17, 15) is 0 Å². The van der Waals surface area contributed by atoms with Gasteiger partial charge in [0, 0.05) is 17.6 Å². The Morgan fingerprint density at radius 1 is 1.41 bits per heavy atom. The maximum absolute atomic E-state index is 5.33. The average Bonchev–Trinajstić information content (AvgIpc) is 2.82. The summed E-state index contributed by atoms with van der Waals surface area (Å²) in [6.45, 7) is 2.13. The minimum atomic E-state index is 0.313. The summed E-state index contributed by atoms with van der Waals surface area (Å²) in [7, 11) is 1.70. The Hall–Kier alpha value is -1.62. The van der Waals surface area contributed by atoms with E-state index in [0.717, 1.165) is 17.2 Å². The van der Waals surface area contributed by atoms with E-state index in [1.54, 1.807) is 13.3 Å². The third-order valence-corrected chi connectivity index (χ3v) is 3.06. The monoisotopic (exact) mass is 249 g/mol. The molecular weight excluding hydrogens is 234 g/mol. The molecule has 0 aliphatic rings. The molecule has 2 rings (SSSR count). The molecule has 0 radical (unpaired) electrons. The minimum absolute atomic E-state index is 0.313. The van der Waals surface area contributed by atoms with Crippen LogP contribution < -0.4 is 10.1 Å². The van der Waals surface area contributed by atoms with Crippen LogP contribution in [0, 0.1) is 0 Å². The molecule has 0 fully saturated rings. The molecule has 1 aromatic heterocycles. The molecule has 0 saturated carbocycles. The predicted octanol–water partition coefficient (Wildman–Crippen LogP) is 2.59. The van der Waals surface area contributed by atoms with Crippen molar-refractivity contribution in [3.63, 3.8) is 0 Å². The lowest BCUT2D eigenvalue weighted by molar-refractivity contribution is 0.409. The van der Waals surface area contributed by atoms with E-state index in [-0.39, 0.29) is 0 Å². The molecular formula is C12H15N3OS. The van der Waals surface area contributed by atoms with E-state index < -0.39 is 0 Å². The molecule has 5 heteroatoms. The summed E-state index contributed by atoms with van der Waals surface area (Å²) >= 11 is 1.37. The largest absolute Gasteiger partial charge is 0.496 e. The van der Waals surface area contributed by atoms with Crippen LogP contribution in [-0.4, -0.2) is 22.7 Å². The van der Waals surface area contributed by atoms with Crippen LogP contribution in [0.15, 0.2) is 30.5 Å². The van der Waals surface area contributed by atoms with Crippen LogP contribution in [0.3, 0.4) is 0 Å². The SMILES string of the molecule is COc1ccccc1CC(C)Nc1cnns1. The van der Waals surface area contributed by atoms with Crippen molar-refractivity contribution in [1.82, 2.24) is 9.59 Å². The molecule has 4 nitrogen and oxygen atoms in total. The molecule has 1 atom stereocenters. The number of methoxy groups -OCH3 is 1. The van der Waals surface area contributed by atoms with Crippen molar-refractivity contribution in [2.45, 2.75) is 19.4 Å². The standard InChI is InChI=1S/C12H15N3OS/c1-9(14-12-8-13-15-17-12)7-10-5-3-4-6-11(10)16-2/h3-6,8-9,14H,7H2,1-2H3. The fourth-order valence-corrected chi connectivity index (χ4v) is 2.26. The number of hydrogen-bond acceptors (Lipinski definition) is 5. The Balaban J connectivity index is 2.00. The van der Waals surface area contributed by atoms with Crippen molar-refractivity contribution in [1.29, 1.82) is 0 Å². The zero-order chi connectivity index (χ0) is 12.1. The summed E-state index contributed by atoms with van der Waals surface area (Å²) in [4.78, 5) is 0. The Morgan fingerprint density at radius 2 is 2.24 bits per heavy atom. The van der Waals surface area contributed by atoms with Gasteiger partial charge in [-0.05, 0) is 25.0 Å². The molecule has 1 aromatic carbocycles. The smallest absolute Gasteiger partial charge is 0.130 e. The van der Waals surface area contributed by atoms with Crippen LogP contribution in [0.25, 0.3) is 0 Å². The molecule has 17 heavy (non-hydrogen) atoms. The fraction of sp³-hybridized carbons (Fsp3) is 0.333. The number of aromatic nitrogens is 2. The number of para-hydroxylation sites is 1. The molecule has 1 heterocycles. The van der Waals surface area contributed by atoms with Crippen LogP contribution in [0.5, 0.6) is 5.75 Å². The van der Waals surface area contributed by atoms with E-state index >= 15 is 0 Å². The molecule has 0 spiro atoms. The van der Waals surface area contributed by atoms with Gasteiger partial charge in [-0.2, -0.15) is 0 Å². The van der Waals surface area contributed by atoms with Gasteiger partial charge in [-0.25, -0.2) is 0 Å². The number of hydrogen-bond donors (Lipinski definition) is 1. The van der Waals surface area contributed by atoms with Crippen molar-refractivity contribution in [3.8, 4) is 5.75 Å². The van der Waals surface area contributed by atoms with E-state index in [0.29, 0.717) is 6.04 Å². The Bertz CT molecular complexity index is 459. The maximum atomic E-state index is 5.33. The molecule has 0 saturated heterocycles. The van der Waals surface area contributed by atoms with Crippen LogP contribution >= 0.6 is 11.5 Å². The highest BCUT2D eigenvalue weighted by Crippen LogP contribution is 2.20. The third kappa shape index (κ3) is 3.17. The van der Waals surface area contributed by atoms with Crippen LogP contribution in [0.1, 0.15) is 12.5 Å². The summed E-state index contributed by atoms with van der Waals surface area (Å²) in [5.41, 5.74) is 1.20. The second-order valence-electron chi connectivity index (χ2n) is 3.84. The molecule has 2 aromatic rings. The minimum Gasteiger partial charge on any atom is -0.496 e. The van der Waals surface area contributed by atoms with Gasteiger partial charge < -0.3 is 10.1 Å². The highest BCUT2D eigenvalue weighted by atomic mass is 32.1. The van der Waals surface area contributed by atoms with Gasteiger partial charge >= 0.3 is 0 Å². The number of benzene rings is 1. The van der Waals surface area contributed by atoms with Crippen molar-refractivity contribution in [3.05, 3.63) is 36.0 Å². The van der Waals surface area contributed by atoms with Crippen molar-refractivity contribution < 1.29 is 4.74 Å². The highest BCUT2D eigenvalue weighted by molar-refractivity contribution is 7.09. The van der Waals surface area contributed by atoms with Crippen molar-refractivity contribution in [2.24, 2.45) is 0 Å². The van der Waals surface area contributed by atoms with E-state index in [2.05, 4.69) is 27.9 Å². The second-order valence-corrected chi connectivity index (χ2v) is 4.63. The first-order chi connectivity index (χ1) is 8.29. The Kier molecular flexibility index (Phi) is 3.93. The van der Waals surface area contributed by atoms with Gasteiger partial charge in [0.15, 0.2) is 0 Å². The van der Waals surface area contributed by atoms with Gasteiger partial charge in [0.1, 0.15) is 10.8 Å². The summed E-state index contributed by atoms with van der Waals surface area (Å²) in [5.74, 6) is 0.934. The summed E-state index contributed by atoms with van der Waals surface area (Å²) in [6, 6.07) is 8.39. The van der Waals surface area contributed by atoms with Crippen molar-refractivity contribution in [2.75, 3.05) is 12.4 Å². The number of nitrogens with one attached hydrogen (secondary N) is 1. The maximum Gasteiger partial charge on any atom is 0.130 e. The number of anilines is 1. The lowest BCUT2D eigenvalue weighted by atomic mass is 10.1. The molecule has 0 aliphatic carbocycles. The van der Waals surface area contributed by atoms with E-state index in [4.69, 9.17) is 4.74 Å². The normalized spacial score (nSPS) is 12.1. The summed E-state index contributed by atoms with van der Waals surface area (Å²) < 4.78 is 9.15. The molecule has 1 N–H and O–H groups in total. The van der Waals surface area contributed by atoms with Gasteiger partial charge in [-0.3, -0.25) is 0 Å². The van der Waals surface area contributed by atoms with Gasteiger partial charge in [0.25, 0.3) is 0 Å². The first-order valence-corrected chi connectivity index (χ1v) is 6.22. The zero-order valence-corrected chi connectivity index (χ0v) is 10.7. The zero-order valence-electron chi connectivity index (χ0n) is 9.88. The first-order valence-electron chi connectivity index (χ1n) is 5.45. The lowest BCUT2D eigenvalue weighted by Crippen LogP contribution is -2.17. The van der Waals surface area contributed by atoms with Crippen LogP contribution in [0.4, 0.5) is 5.00 Å². The Morgan fingerprint density at radius 3 is 2.94 bits per heavy atom. The number of ether oxygens (including phenoxy) is 1. The molecule has 0 amide bonds. The number of nitrogens with zero attached hydrogens (tertiary/aromatic N) is 2. The van der Waals surface area contributed by atoms with Crippen LogP contribution in [-0.2, 0) is 6.42 Å². The highest BCUT2D eigenvalue weighted by Gasteiger charge is 2.08. The first kappa shape index (κ1) is 11.9. The fourth-order valence-electron chi connectivity index (χ4n) is 1.73.